The van der Waals surface area contributed by atoms with Crippen LogP contribution in [-0.2, 0) is 0 Å². The molecule has 6 aromatic heterocycles. The molecule has 20 aromatic carbocycles. The zero-order valence-electron chi connectivity index (χ0n) is 69.9. The number of hydrogen-bond donors (Lipinski definition) is 0. The molecule has 0 aliphatic heterocycles. The number of nitrogens with zero attached hydrogens (tertiary/aromatic N) is 10. The molecule has 0 N–H and O–H groups in total. The van der Waals surface area contributed by atoms with Gasteiger partial charge in [0.2, 0.25) is 17.8 Å². The highest BCUT2D eigenvalue weighted by atomic mass is 15.2. The Morgan fingerprint density at radius 3 is 0.915 bits per heavy atom. The minimum atomic E-state index is 0.596. The fraction of sp³-hybridized carbons (Fsp3) is 0. The van der Waals surface area contributed by atoms with Crippen LogP contribution in [0, 0.1) is 0 Å². The minimum absolute atomic E-state index is 0.596. The Hall–Kier alpha value is -17.5. The topological polar surface area (TPSA) is 105 Å². The van der Waals surface area contributed by atoms with E-state index in [1.807, 2.05) is 78.9 Å². The predicted octanol–water partition coefficient (Wildman–Crippen LogP) is 30.4. The summed E-state index contributed by atoms with van der Waals surface area (Å²) in [5, 5.41) is 19.0. The van der Waals surface area contributed by atoms with Gasteiger partial charge in [-0.05, 0) is 142 Å². The largest absolute Gasteiger partial charge is 0.278 e. The van der Waals surface area contributed by atoms with Crippen LogP contribution in [0.1, 0.15) is 0 Å². The Kier molecular flexibility index (Phi) is 18.7. The van der Waals surface area contributed by atoms with Gasteiger partial charge in [-0.15, -0.1) is 0 Å². The summed E-state index contributed by atoms with van der Waals surface area (Å²) in [7, 11) is 0. The highest BCUT2D eigenvalue weighted by Gasteiger charge is 2.26. The fourth-order valence-corrected chi connectivity index (χ4v) is 19.0. The summed E-state index contributed by atoms with van der Waals surface area (Å²) < 4.78 is 6.72. The van der Waals surface area contributed by atoms with E-state index in [4.69, 9.17) is 34.9 Å². The summed E-state index contributed by atoms with van der Waals surface area (Å²) in [4.78, 5) is 36.3. The summed E-state index contributed by atoms with van der Waals surface area (Å²) in [5.41, 5.74) is 23.6. The highest BCUT2D eigenvalue weighted by molar-refractivity contribution is 6.26. The molecule has 0 fully saturated rings. The van der Waals surface area contributed by atoms with Crippen LogP contribution in [0.2, 0.25) is 0 Å². The van der Waals surface area contributed by atoms with Crippen LogP contribution in [-0.4, -0.2) is 48.6 Å². The normalized spacial score (nSPS) is 11.6. The molecule has 0 amide bonds. The second-order valence-electron chi connectivity index (χ2n) is 32.6. The molecule has 0 spiro atoms. The van der Waals surface area contributed by atoms with Crippen molar-refractivity contribution in [2.45, 2.75) is 0 Å². The Bertz CT molecular complexity index is 8790. The van der Waals surface area contributed by atoms with Crippen molar-refractivity contribution < 1.29 is 0 Å². The quantitative estimate of drug-likeness (QED) is 0.127. The molecule has 0 radical (unpaired) electrons. The molecule has 0 saturated carbocycles. The Morgan fingerprint density at radius 2 is 0.465 bits per heavy atom. The maximum Gasteiger partial charge on any atom is 0.238 e. The van der Waals surface area contributed by atoms with Gasteiger partial charge in [-0.25, -0.2) is 24.9 Å². The van der Waals surface area contributed by atoms with Crippen LogP contribution in [0.5, 0.6) is 0 Å². The molecule has 26 aromatic rings. The maximum atomic E-state index is 5.36. The molecule has 10 nitrogen and oxygen atoms in total. The first kappa shape index (κ1) is 75.3. The lowest BCUT2D eigenvalue weighted by atomic mass is 9.94. The summed E-state index contributed by atoms with van der Waals surface area (Å²) in [6.45, 7) is 0. The van der Waals surface area contributed by atoms with Crippen molar-refractivity contribution in [1.82, 2.24) is 48.6 Å². The average Bonchev–Trinajstić information content (AvgIpc) is 1.57. The average molecular weight is 1650 g/mol. The minimum Gasteiger partial charge on any atom is -0.278 e. The number of para-hydroxylation sites is 2. The monoisotopic (exact) mass is 1640 g/mol. The summed E-state index contributed by atoms with van der Waals surface area (Å²) in [6.07, 6.45) is 0. The van der Waals surface area contributed by atoms with Crippen LogP contribution in [0.4, 0.5) is 0 Å². The van der Waals surface area contributed by atoms with Crippen LogP contribution >= 0.6 is 0 Å². The van der Waals surface area contributed by atoms with Gasteiger partial charge < -0.3 is 0 Å². The van der Waals surface area contributed by atoms with Crippen molar-refractivity contribution in [3.8, 4) is 108 Å². The van der Waals surface area contributed by atoms with E-state index in [1.165, 1.54) is 103 Å². The fourth-order valence-electron chi connectivity index (χ4n) is 19.0. The Labute approximate surface area is 742 Å². The maximum absolute atomic E-state index is 5.36. The van der Waals surface area contributed by atoms with Crippen molar-refractivity contribution in [2.75, 3.05) is 0 Å². The molecular formula is C119H76N10. The van der Waals surface area contributed by atoms with Crippen molar-refractivity contribution in [3.05, 3.63) is 461 Å². The zero-order chi connectivity index (χ0) is 85.2. The summed E-state index contributed by atoms with van der Waals surface area (Å²) in [6, 6.07) is 162. The van der Waals surface area contributed by atoms with Gasteiger partial charge in [0.1, 0.15) is 0 Å². The number of benzene rings is 20. The highest BCUT2D eigenvalue weighted by Crippen LogP contribution is 2.46. The van der Waals surface area contributed by atoms with E-state index in [0.29, 0.717) is 29.5 Å². The second kappa shape index (κ2) is 32.0. The molecule has 0 aliphatic rings. The third-order valence-corrected chi connectivity index (χ3v) is 25.0. The van der Waals surface area contributed by atoms with Gasteiger partial charge in [0, 0.05) is 65.3 Å². The van der Waals surface area contributed by atoms with E-state index in [-0.39, 0.29) is 0 Å². The van der Waals surface area contributed by atoms with E-state index in [0.717, 1.165) is 105 Å². The van der Waals surface area contributed by atoms with E-state index >= 15 is 0 Å². The molecule has 26 rings (SSSR count). The standard InChI is InChI=1S/C42H27N3.C40H25N3.C37H24N4/c1-4-14-28(15-5-1)31-24-25-35-38(26-31)45(42-43-37-23-13-12-22-34(37)41(44-42)30-18-8-3-9-19-30)39-27-36(29-16-6-2-7-17-29)32-20-10-11-21-33(32)40(35)39;1-2-10-26(11-3-1)30-20-22-34-37(25-30)43(36-23-21-28-13-6-7-15-32(28)38(34)36)40-41-35-17-9-8-16-33(35)39(42-40)31-19-18-27-12-4-5-14-29(27)24-31;1-4-12-25(13-5-1)29-20-22-31-33(24-29)41(32-23-21-26-14-10-11-19-30(26)34(31)32)37-39-35(27-15-6-2-7-16-27)38-36(40-37)28-17-8-3-9-18-28/h1-27H;1-25H;1-24H. The number of fused-ring (bicyclic) bond motifs is 18. The molecule has 0 aliphatic carbocycles. The Morgan fingerprint density at radius 1 is 0.147 bits per heavy atom. The molecule has 6 heterocycles. The lowest BCUT2D eigenvalue weighted by molar-refractivity contribution is 0.954. The molecular weight excluding hydrogens is 1570 g/mol. The van der Waals surface area contributed by atoms with E-state index in [2.05, 4.69) is 396 Å². The van der Waals surface area contributed by atoms with Crippen molar-refractivity contribution in [3.63, 3.8) is 0 Å². The van der Waals surface area contributed by atoms with Crippen LogP contribution in [0.25, 0.3) is 238 Å². The van der Waals surface area contributed by atoms with Gasteiger partial charge in [-0.2, -0.15) is 9.97 Å². The van der Waals surface area contributed by atoms with Gasteiger partial charge in [-0.1, -0.05) is 406 Å². The predicted molar refractivity (Wildman–Crippen MR) is 535 cm³/mol. The van der Waals surface area contributed by atoms with Crippen molar-refractivity contribution in [1.29, 1.82) is 0 Å². The summed E-state index contributed by atoms with van der Waals surface area (Å²) >= 11 is 0. The van der Waals surface area contributed by atoms with E-state index < -0.39 is 0 Å². The lowest BCUT2D eigenvalue weighted by Gasteiger charge is -2.13. The molecule has 0 atom stereocenters. The lowest BCUT2D eigenvalue weighted by Crippen LogP contribution is -2.06. The van der Waals surface area contributed by atoms with Crippen LogP contribution in [0.3, 0.4) is 0 Å². The number of aromatic nitrogens is 10. The second-order valence-corrected chi connectivity index (χ2v) is 32.6. The first-order chi connectivity index (χ1) is 64.0. The van der Waals surface area contributed by atoms with E-state index in [9.17, 15) is 0 Å². The van der Waals surface area contributed by atoms with Gasteiger partial charge in [0.05, 0.1) is 55.5 Å². The Balaban J connectivity index is 0.000000108. The molecule has 0 saturated heterocycles. The van der Waals surface area contributed by atoms with E-state index in [1.54, 1.807) is 0 Å². The van der Waals surface area contributed by atoms with Gasteiger partial charge in [0.25, 0.3) is 0 Å². The SMILES string of the molecule is c1ccc(-c2ccc3c4c5ccccc5c(-c5ccccc5)cc4n(-c4nc(-c5ccccc5)c5ccccc5n4)c3c2)cc1.c1ccc(-c2ccc3c4c5ccccc5ccc4n(-c4nc(-c5ccc6ccccc6c5)c5ccccc5n4)c3c2)cc1.c1ccc(-c2ccc3c4c5ccccc5ccc4n(-c4nc(-c5ccccc5)nc(-c5ccccc5)n4)c3c2)cc1. The van der Waals surface area contributed by atoms with Crippen LogP contribution < -0.4 is 0 Å². The third kappa shape index (κ3) is 13.5. The molecule has 129 heavy (non-hydrogen) atoms. The summed E-state index contributed by atoms with van der Waals surface area (Å²) in [5.74, 6) is 3.21. The smallest absolute Gasteiger partial charge is 0.238 e. The first-order valence-electron chi connectivity index (χ1n) is 43.6. The molecule has 0 bridgehead atoms. The first-order valence-corrected chi connectivity index (χ1v) is 43.6. The third-order valence-electron chi connectivity index (χ3n) is 25.0. The number of rotatable bonds is 11. The molecule has 10 heteroatoms. The van der Waals surface area contributed by atoms with Crippen LogP contribution in [0.15, 0.2) is 461 Å². The van der Waals surface area contributed by atoms with Gasteiger partial charge in [0.15, 0.2) is 11.6 Å². The number of hydrogen-bond acceptors (Lipinski definition) is 7. The molecule has 0 unspecified atom stereocenters. The van der Waals surface area contributed by atoms with Crippen molar-refractivity contribution in [2.24, 2.45) is 0 Å². The van der Waals surface area contributed by atoms with Gasteiger partial charge in [-0.3, -0.25) is 13.7 Å². The van der Waals surface area contributed by atoms with Crippen molar-refractivity contribution >= 4 is 130 Å². The molecule has 602 valence electrons. The van der Waals surface area contributed by atoms with Gasteiger partial charge >= 0.3 is 0 Å². The zero-order valence-corrected chi connectivity index (χ0v) is 69.9.